The number of aromatic nitrogens is 1. The molecule has 1 aromatic heterocycles. The molecule has 1 saturated heterocycles. The molecular weight excluding hydrogens is 326 g/mol. The largest absolute Gasteiger partial charge is 0.332 e. The van der Waals surface area contributed by atoms with E-state index in [2.05, 4.69) is 48.2 Å². The first-order valence-electron chi connectivity index (χ1n) is 9.25. The van der Waals surface area contributed by atoms with Gasteiger partial charge in [0.25, 0.3) is 5.91 Å². The van der Waals surface area contributed by atoms with Crippen LogP contribution in [0, 0.1) is 0 Å². The second-order valence-corrected chi connectivity index (χ2v) is 7.25. The summed E-state index contributed by atoms with van der Waals surface area (Å²) < 4.78 is 0. The Balaban J connectivity index is 1.82. The fourth-order valence-corrected chi connectivity index (χ4v) is 3.65. The molecular formula is C21H27N3O2. The molecule has 1 aliphatic heterocycles. The summed E-state index contributed by atoms with van der Waals surface area (Å²) in [5.74, 6) is -0.0503. The standard InChI is InChI=1S/C21H27N3O2/c1-4-18-12-17(13-20(25)22-18)21(26)24-11-5-6-19(24)16-9-7-15(8-10-16)14-23(2)3/h7-10,12-13,19H,4-6,11,14H2,1-3H3,(H,22,25)/t19-/m0/s1. The van der Waals surface area contributed by atoms with Crippen molar-refractivity contribution in [3.8, 4) is 0 Å². The minimum Gasteiger partial charge on any atom is -0.332 e. The van der Waals surface area contributed by atoms with Gasteiger partial charge in [-0.3, -0.25) is 9.59 Å². The van der Waals surface area contributed by atoms with Gasteiger partial charge in [-0.1, -0.05) is 31.2 Å². The summed E-state index contributed by atoms with van der Waals surface area (Å²) in [7, 11) is 4.11. The molecule has 0 unspecified atom stereocenters. The maximum atomic E-state index is 13.0. The third-order valence-electron chi connectivity index (χ3n) is 4.90. The number of benzene rings is 1. The first-order valence-corrected chi connectivity index (χ1v) is 9.25. The number of hydrogen-bond acceptors (Lipinski definition) is 3. The number of hydrogen-bond donors (Lipinski definition) is 1. The second-order valence-electron chi connectivity index (χ2n) is 7.25. The smallest absolute Gasteiger partial charge is 0.254 e. The average molecular weight is 353 g/mol. The van der Waals surface area contributed by atoms with Gasteiger partial charge in [-0.15, -0.1) is 0 Å². The summed E-state index contributed by atoms with van der Waals surface area (Å²) in [6.07, 6.45) is 2.65. The third kappa shape index (κ3) is 4.05. The highest BCUT2D eigenvalue weighted by Crippen LogP contribution is 2.33. The van der Waals surface area contributed by atoms with Gasteiger partial charge in [-0.2, -0.15) is 0 Å². The first kappa shape index (κ1) is 18.4. The van der Waals surface area contributed by atoms with Gasteiger partial charge >= 0.3 is 0 Å². The van der Waals surface area contributed by atoms with E-state index in [0.717, 1.165) is 31.6 Å². The Morgan fingerprint density at radius 1 is 1.23 bits per heavy atom. The molecule has 1 N–H and O–H groups in total. The van der Waals surface area contributed by atoms with Crippen LogP contribution in [-0.2, 0) is 13.0 Å². The van der Waals surface area contributed by atoms with Crippen molar-refractivity contribution >= 4 is 5.91 Å². The number of rotatable bonds is 5. The quantitative estimate of drug-likeness (QED) is 0.899. The van der Waals surface area contributed by atoms with Crippen molar-refractivity contribution in [1.29, 1.82) is 0 Å². The van der Waals surface area contributed by atoms with Gasteiger partial charge in [-0.05, 0) is 50.6 Å². The van der Waals surface area contributed by atoms with Crippen molar-refractivity contribution in [3.05, 3.63) is 69.1 Å². The Bertz CT molecular complexity index is 824. The molecule has 3 rings (SSSR count). The minimum absolute atomic E-state index is 0.0503. The molecule has 138 valence electrons. The molecule has 0 radical (unpaired) electrons. The van der Waals surface area contributed by atoms with Crippen LogP contribution in [0.4, 0.5) is 0 Å². The minimum atomic E-state index is -0.212. The van der Waals surface area contributed by atoms with Crippen LogP contribution in [0.15, 0.2) is 41.2 Å². The van der Waals surface area contributed by atoms with Gasteiger partial charge in [0.05, 0.1) is 6.04 Å². The normalized spacial score (nSPS) is 17.1. The van der Waals surface area contributed by atoms with Crippen LogP contribution in [0.3, 0.4) is 0 Å². The monoisotopic (exact) mass is 353 g/mol. The Kier molecular flexibility index (Phi) is 5.57. The van der Waals surface area contributed by atoms with Crippen LogP contribution < -0.4 is 5.56 Å². The lowest BCUT2D eigenvalue weighted by Crippen LogP contribution is -2.31. The molecule has 0 bridgehead atoms. The number of nitrogens with one attached hydrogen (secondary N) is 1. The fourth-order valence-electron chi connectivity index (χ4n) is 3.65. The van der Waals surface area contributed by atoms with E-state index < -0.39 is 0 Å². The van der Waals surface area contributed by atoms with Gasteiger partial charge in [-0.25, -0.2) is 0 Å². The van der Waals surface area contributed by atoms with E-state index in [1.165, 1.54) is 17.2 Å². The second kappa shape index (κ2) is 7.87. The molecule has 1 fully saturated rings. The maximum absolute atomic E-state index is 13.0. The number of aryl methyl sites for hydroxylation is 1. The van der Waals surface area contributed by atoms with E-state index in [9.17, 15) is 9.59 Å². The van der Waals surface area contributed by atoms with Crippen molar-refractivity contribution in [3.63, 3.8) is 0 Å². The highest BCUT2D eigenvalue weighted by Gasteiger charge is 2.30. The van der Waals surface area contributed by atoms with Crippen molar-refractivity contribution in [2.75, 3.05) is 20.6 Å². The van der Waals surface area contributed by atoms with Crippen LogP contribution in [-0.4, -0.2) is 41.3 Å². The molecule has 1 aliphatic rings. The zero-order chi connectivity index (χ0) is 18.7. The average Bonchev–Trinajstić information content (AvgIpc) is 3.10. The van der Waals surface area contributed by atoms with Crippen molar-refractivity contribution in [2.45, 2.75) is 38.8 Å². The van der Waals surface area contributed by atoms with Crippen LogP contribution >= 0.6 is 0 Å². The molecule has 5 nitrogen and oxygen atoms in total. The first-order chi connectivity index (χ1) is 12.5. The predicted molar refractivity (Wildman–Crippen MR) is 103 cm³/mol. The number of H-pyrrole nitrogens is 1. The van der Waals surface area contributed by atoms with Crippen molar-refractivity contribution < 1.29 is 4.79 Å². The van der Waals surface area contributed by atoms with E-state index in [1.54, 1.807) is 6.07 Å². The summed E-state index contributed by atoms with van der Waals surface area (Å²) in [6.45, 7) is 3.60. The SMILES string of the molecule is CCc1cc(C(=O)N2CCC[C@H]2c2ccc(CN(C)C)cc2)cc(=O)[nH]1. The molecule has 1 amide bonds. The van der Waals surface area contributed by atoms with Gasteiger partial charge in [0.1, 0.15) is 0 Å². The van der Waals surface area contributed by atoms with E-state index in [0.29, 0.717) is 12.0 Å². The number of carbonyl (C=O) groups is 1. The molecule has 0 saturated carbocycles. The van der Waals surface area contributed by atoms with E-state index in [4.69, 9.17) is 0 Å². The summed E-state index contributed by atoms with van der Waals surface area (Å²) in [6, 6.07) is 11.8. The Hall–Kier alpha value is -2.40. The third-order valence-corrected chi connectivity index (χ3v) is 4.90. The van der Waals surface area contributed by atoms with E-state index >= 15 is 0 Å². The van der Waals surface area contributed by atoms with Crippen LogP contribution in [0.5, 0.6) is 0 Å². The fraction of sp³-hybridized carbons (Fsp3) is 0.429. The number of aromatic amines is 1. The number of carbonyl (C=O) groups excluding carboxylic acids is 1. The molecule has 26 heavy (non-hydrogen) atoms. The van der Waals surface area contributed by atoms with Crippen molar-refractivity contribution in [1.82, 2.24) is 14.8 Å². The topological polar surface area (TPSA) is 56.4 Å². The van der Waals surface area contributed by atoms with Gasteiger partial charge < -0.3 is 14.8 Å². The lowest BCUT2D eigenvalue weighted by atomic mass is 10.0. The zero-order valence-electron chi connectivity index (χ0n) is 15.8. The van der Waals surface area contributed by atoms with Crippen molar-refractivity contribution in [2.24, 2.45) is 0 Å². The molecule has 0 aliphatic carbocycles. The van der Waals surface area contributed by atoms with E-state index in [1.807, 2.05) is 11.8 Å². The number of amides is 1. The summed E-state index contributed by atoms with van der Waals surface area (Å²) >= 11 is 0. The van der Waals surface area contributed by atoms with Gasteiger partial charge in [0, 0.05) is 30.4 Å². The lowest BCUT2D eigenvalue weighted by molar-refractivity contribution is 0.0735. The Morgan fingerprint density at radius 2 is 1.96 bits per heavy atom. The van der Waals surface area contributed by atoms with Crippen LogP contribution in [0.25, 0.3) is 0 Å². The molecule has 5 heteroatoms. The molecule has 2 heterocycles. The number of likely N-dealkylation sites (tertiary alicyclic amines) is 1. The summed E-state index contributed by atoms with van der Waals surface area (Å²) in [5.41, 5.74) is 3.50. The molecule has 1 aromatic carbocycles. The highest BCUT2D eigenvalue weighted by atomic mass is 16.2. The highest BCUT2D eigenvalue weighted by molar-refractivity contribution is 5.94. The van der Waals surface area contributed by atoms with E-state index in [-0.39, 0.29) is 17.5 Å². The Morgan fingerprint density at radius 3 is 2.62 bits per heavy atom. The lowest BCUT2D eigenvalue weighted by Gasteiger charge is -2.25. The summed E-state index contributed by atoms with van der Waals surface area (Å²) in [5, 5.41) is 0. The molecule has 0 spiro atoms. The zero-order valence-corrected chi connectivity index (χ0v) is 15.8. The van der Waals surface area contributed by atoms with Gasteiger partial charge in [0.2, 0.25) is 5.56 Å². The summed E-state index contributed by atoms with van der Waals surface area (Å²) in [4.78, 5) is 31.7. The maximum Gasteiger partial charge on any atom is 0.254 e. The van der Waals surface area contributed by atoms with Gasteiger partial charge in [0.15, 0.2) is 0 Å². The molecule has 1 atom stereocenters. The predicted octanol–water partition coefficient (Wildman–Crippen LogP) is 2.98. The number of nitrogens with zero attached hydrogens (tertiary/aromatic N) is 2. The number of pyridine rings is 1. The van der Waals surface area contributed by atoms with Crippen LogP contribution in [0.1, 0.15) is 53.0 Å². The Labute approximate surface area is 154 Å². The molecule has 2 aromatic rings. The van der Waals surface area contributed by atoms with Crippen LogP contribution in [0.2, 0.25) is 0 Å².